The van der Waals surface area contributed by atoms with E-state index in [4.69, 9.17) is 78.3 Å². The van der Waals surface area contributed by atoms with Crippen molar-refractivity contribution in [3.05, 3.63) is 53.9 Å². The molecule has 0 bridgehead atoms. The van der Waals surface area contributed by atoms with Crippen LogP contribution < -0.4 is 9.05 Å². The molecule has 3 rings (SSSR count). The second kappa shape index (κ2) is 6.84. The van der Waals surface area contributed by atoms with Crippen molar-refractivity contribution in [3.63, 3.8) is 0 Å². The maximum atomic E-state index is 6.43. The minimum absolute atomic E-state index is 0.296. The van der Waals surface area contributed by atoms with Crippen LogP contribution in [-0.4, -0.2) is 0 Å². The fourth-order valence-electron chi connectivity index (χ4n) is 2.28. The molecular weight excluding hydrogens is 444 g/mol. The van der Waals surface area contributed by atoms with Crippen molar-refractivity contribution in [3.8, 4) is 11.5 Å². The van der Waals surface area contributed by atoms with Crippen molar-refractivity contribution >= 4 is 77.0 Å². The third-order valence-electron chi connectivity index (χ3n) is 3.34. The lowest BCUT2D eigenvalue weighted by Gasteiger charge is -2.24. The molecule has 1 aliphatic heterocycles. The SMILES string of the molecule is Cc1cc(Cl)c2c(c1Cl)Cc1c(Cl)c(Cl)cc(Cl)c1OP(Cl)O2. The second-order valence-electron chi connectivity index (χ2n) is 4.83. The van der Waals surface area contributed by atoms with Crippen molar-refractivity contribution in [1.29, 1.82) is 0 Å². The van der Waals surface area contributed by atoms with Gasteiger partial charge in [0.25, 0.3) is 0 Å². The van der Waals surface area contributed by atoms with Crippen LogP contribution in [0.5, 0.6) is 11.5 Å². The fourth-order valence-corrected chi connectivity index (χ4v) is 4.82. The van der Waals surface area contributed by atoms with Gasteiger partial charge >= 0.3 is 7.73 Å². The number of hydrogen-bond acceptors (Lipinski definition) is 2. The molecular formula is C14H7Cl6O2P. The first-order chi connectivity index (χ1) is 10.8. The summed E-state index contributed by atoms with van der Waals surface area (Å²) >= 11 is 37.5. The summed E-state index contributed by atoms with van der Waals surface area (Å²) in [5.41, 5.74) is 2.06. The van der Waals surface area contributed by atoms with Crippen LogP contribution in [0.1, 0.15) is 16.7 Å². The molecule has 1 unspecified atom stereocenters. The number of halogens is 6. The highest BCUT2D eigenvalue weighted by Crippen LogP contribution is 2.55. The molecule has 0 aliphatic carbocycles. The molecule has 2 aromatic carbocycles. The molecule has 0 saturated carbocycles. The van der Waals surface area contributed by atoms with Gasteiger partial charge in [0.15, 0.2) is 11.5 Å². The molecule has 9 heteroatoms. The lowest BCUT2D eigenvalue weighted by Crippen LogP contribution is -2.05. The molecule has 2 nitrogen and oxygen atoms in total. The highest BCUT2D eigenvalue weighted by atomic mass is 35.7. The predicted octanol–water partition coefficient (Wildman–Crippen LogP) is 8.09. The average molecular weight is 451 g/mol. The van der Waals surface area contributed by atoms with E-state index >= 15 is 0 Å². The van der Waals surface area contributed by atoms with Gasteiger partial charge in [-0.25, -0.2) is 0 Å². The standard InChI is InChI=1S/C14H7Cl6O2P/c1-5-2-9(16)13-6(11(5)18)3-7-12(19)8(15)4-10(17)14(7)22-23(20)21-13/h2,4H,3H2,1H3. The first-order valence-electron chi connectivity index (χ1n) is 6.25. The lowest BCUT2D eigenvalue weighted by molar-refractivity contribution is 0.495. The van der Waals surface area contributed by atoms with E-state index in [0.29, 0.717) is 54.2 Å². The Kier molecular flexibility index (Phi) is 5.36. The van der Waals surface area contributed by atoms with E-state index in [2.05, 4.69) is 0 Å². The Morgan fingerprint density at radius 1 is 0.826 bits per heavy atom. The summed E-state index contributed by atoms with van der Waals surface area (Å²) in [5, 5.41) is 1.85. The van der Waals surface area contributed by atoms with Crippen LogP contribution in [-0.2, 0) is 6.42 Å². The topological polar surface area (TPSA) is 18.5 Å². The summed E-state index contributed by atoms with van der Waals surface area (Å²) in [7, 11) is -1.84. The van der Waals surface area contributed by atoms with Gasteiger partial charge in [-0.15, -0.1) is 0 Å². The zero-order valence-corrected chi connectivity index (χ0v) is 16.8. The Morgan fingerprint density at radius 3 is 1.96 bits per heavy atom. The normalized spacial score (nSPS) is 16.6. The summed E-state index contributed by atoms with van der Waals surface area (Å²) in [5.74, 6) is 0.711. The molecule has 0 radical (unpaired) electrons. The van der Waals surface area contributed by atoms with Gasteiger partial charge in [0.05, 0.1) is 25.1 Å². The van der Waals surface area contributed by atoms with Crippen molar-refractivity contribution in [2.45, 2.75) is 13.3 Å². The summed E-state index contributed by atoms with van der Waals surface area (Å²) < 4.78 is 11.3. The number of aryl methyl sites for hydroxylation is 1. The van der Waals surface area contributed by atoms with Crippen LogP contribution in [0.2, 0.25) is 25.1 Å². The Bertz CT molecular complexity index is 745. The average Bonchev–Trinajstić information content (AvgIpc) is 2.46. The second-order valence-corrected chi connectivity index (χ2v) is 8.43. The predicted molar refractivity (Wildman–Crippen MR) is 99.5 cm³/mol. The molecule has 122 valence electrons. The Balaban J connectivity index is 2.30. The molecule has 0 saturated heterocycles. The van der Waals surface area contributed by atoms with E-state index < -0.39 is 7.73 Å². The summed E-state index contributed by atoms with van der Waals surface area (Å²) in [6.07, 6.45) is 0.296. The number of rotatable bonds is 0. The third kappa shape index (κ3) is 3.33. The minimum atomic E-state index is -1.84. The summed E-state index contributed by atoms with van der Waals surface area (Å²) in [6.45, 7) is 1.85. The van der Waals surface area contributed by atoms with Gasteiger partial charge in [-0.2, -0.15) is 0 Å². The zero-order valence-electron chi connectivity index (χ0n) is 11.4. The van der Waals surface area contributed by atoms with E-state index in [1.807, 2.05) is 6.92 Å². The van der Waals surface area contributed by atoms with Crippen molar-refractivity contribution in [1.82, 2.24) is 0 Å². The Hall–Kier alpha value is 0.210. The van der Waals surface area contributed by atoms with E-state index in [-0.39, 0.29) is 0 Å². The van der Waals surface area contributed by atoms with Crippen molar-refractivity contribution in [2.75, 3.05) is 0 Å². The summed E-state index contributed by atoms with van der Waals surface area (Å²) in [4.78, 5) is 0. The van der Waals surface area contributed by atoms with Gasteiger partial charge in [0.2, 0.25) is 0 Å². The molecule has 2 aromatic rings. The number of fused-ring (bicyclic) bond motifs is 2. The van der Waals surface area contributed by atoms with E-state index in [1.165, 1.54) is 6.07 Å². The van der Waals surface area contributed by atoms with Gasteiger partial charge in [0, 0.05) is 17.5 Å². The maximum absolute atomic E-state index is 6.43. The van der Waals surface area contributed by atoms with E-state index in [0.717, 1.165) is 5.56 Å². The van der Waals surface area contributed by atoms with Crippen molar-refractivity contribution < 1.29 is 9.05 Å². The zero-order chi connectivity index (χ0) is 16.9. The van der Waals surface area contributed by atoms with Crippen LogP contribution in [0.15, 0.2) is 12.1 Å². The van der Waals surface area contributed by atoms with E-state index in [9.17, 15) is 0 Å². The Labute approximate surface area is 164 Å². The highest BCUT2D eigenvalue weighted by Gasteiger charge is 2.29. The number of benzene rings is 2. The molecule has 0 amide bonds. The highest BCUT2D eigenvalue weighted by molar-refractivity contribution is 7.76. The van der Waals surface area contributed by atoms with E-state index in [1.54, 1.807) is 6.07 Å². The Morgan fingerprint density at radius 2 is 1.35 bits per heavy atom. The quantitative estimate of drug-likeness (QED) is 0.298. The molecule has 0 N–H and O–H groups in total. The van der Waals surface area contributed by atoms with Crippen LogP contribution in [0.25, 0.3) is 0 Å². The minimum Gasteiger partial charge on any atom is -0.425 e. The van der Waals surface area contributed by atoms with Gasteiger partial charge in [0.1, 0.15) is 0 Å². The van der Waals surface area contributed by atoms with Crippen LogP contribution >= 0.6 is 77.0 Å². The maximum Gasteiger partial charge on any atom is 0.401 e. The van der Waals surface area contributed by atoms with Crippen LogP contribution in [0.3, 0.4) is 0 Å². The van der Waals surface area contributed by atoms with Gasteiger partial charge in [-0.1, -0.05) is 58.0 Å². The van der Waals surface area contributed by atoms with Crippen LogP contribution in [0.4, 0.5) is 0 Å². The van der Waals surface area contributed by atoms with Gasteiger partial charge < -0.3 is 9.05 Å². The molecule has 0 fully saturated rings. The van der Waals surface area contributed by atoms with Gasteiger partial charge in [-0.05, 0) is 35.9 Å². The monoisotopic (exact) mass is 448 g/mol. The van der Waals surface area contributed by atoms with Gasteiger partial charge in [-0.3, -0.25) is 0 Å². The largest absolute Gasteiger partial charge is 0.425 e. The molecule has 1 aliphatic rings. The first-order valence-corrected chi connectivity index (χ1v) is 10.2. The molecule has 0 aromatic heterocycles. The number of hydrogen-bond donors (Lipinski definition) is 0. The molecule has 1 atom stereocenters. The fraction of sp³-hybridized carbons (Fsp3) is 0.143. The summed E-state index contributed by atoms with van der Waals surface area (Å²) in [6, 6.07) is 3.20. The van der Waals surface area contributed by atoms with Crippen LogP contribution in [0, 0.1) is 6.92 Å². The lowest BCUT2D eigenvalue weighted by atomic mass is 10.0. The molecule has 23 heavy (non-hydrogen) atoms. The molecule has 1 heterocycles. The molecule has 0 spiro atoms. The third-order valence-corrected chi connectivity index (χ3v) is 6.32. The van der Waals surface area contributed by atoms with Crippen molar-refractivity contribution in [2.24, 2.45) is 0 Å². The first kappa shape index (κ1) is 18.0. The smallest absolute Gasteiger partial charge is 0.401 e.